The topological polar surface area (TPSA) is 98.0 Å². The highest BCUT2D eigenvalue weighted by molar-refractivity contribution is 7.80. The van der Waals surface area contributed by atoms with Gasteiger partial charge in [0.1, 0.15) is 0 Å². The van der Waals surface area contributed by atoms with Crippen LogP contribution in [0.2, 0.25) is 0 Å². The molecule has 1 aliphatic carbocycles. The van der Waals surface area contributed by atoms with Crippen LogP contribution in [-0.4, -0.2) is 20.2 Å². The van der Waals surface area contributed by atoms with Gasteiger partial charge in [-0.3, -0.25) is 24.5 Å². The number of H-pyrrole nitrogens is 1. The molecule has 92 valence electrons. The Bertz CT molecular complexity index is 572. The average molecular weight is 257 g/mol. The van der Waals surface area contributed by atoms with E-state index >= 15 is 0 Å². The molecule has 0 atom stereocenters. The van der Waals surface area contributed by atoms with E-state index in [-0.39, 0.29) is 5.41 Å². The smallest absolute Gasteiger partial charge is 0.293 e. The number of thiol groups is 1. The number of aromatic amines is 1. The summed E-state index contributed by atoms with van der Waals surface area (Å²) < 4.78 is 1.18. The van der Waals surface area contributed by atoms with Gasteiger partial charge >= 0.3 is 16.9 Å². The fourth-order valence-electron chi connectivity index (χ4n) is 1.65. The van der Waals surface area contributed by atoms with Gasteiger partial charge in [0.05, 0.1) is 11.1 Å². The maximum absolute atomic E-state index is 11.5. The van der Waals surface area contributed by atoms with Crippen LogP contribution in [0.5, 0.6) is 0 Å². The number of nitrogens with zero attached hydrogens (tertiary/aromatic N) is 2. The van der Waals surface area contributed by atoms with Crippen LogP contribution in [0.1, 0.15) is 12.8 Å². The lowest BCUT2D eigenvalue weighted by Crippen LogP contribution is -2.33. The molecule has 1 aromatic rings. The van der Waals surface area contributed by atoms with Crippen LogP contribution in [0.15, 0.2) is 15.8 Å². The molecule has 0 amide bonds. The molecule has 1 heterocycles. The Hall–Kier alpha value is -1.57. The second kappa shape index (κ2) is 4.02. The SMILES string of the molecule is O=c1[nH]c(=O)n(CC2(CS)CC2)cc1[N+](=O)[O-]. The summed E-state index contributed by atoms with van der Waals surface area (Å²) in [6.45, 7) is 0.354. The van der Waals surface area contributed by atoms with Gasteiger partial charge in [-0.1, -0.05) is 0 Å². The van der Waals surface area contributed by atoms with Crippen molar-refractivity contribution in [3.8, 4) is 0 Å². The van der Waals surface area contributed by atoms with E-state index in [1.807, 2.05) is 4.98 Å². The van der Waals surface area contributed by atoms with Crippen molar-refractivity contribution in [1.82, 2.24) is 9.55 Å². The minimum atomic E-state index is -0.966. The van der Waals surface area contributed by atoms with Gasteiger partial charge in [-0.2, -0.15) is 12.6 Å². The largest absolute Gasteiger partial charge is 0.350 e. The van der Waals surface area contributed by atoms with Gasteiger partial charge in [0.2, 0.25) is 0 Å². The first kappa shape index (κ1) is 11.9. The first-order valence-corrected chi connectivity index (χ1v) is 5.70. The summed E-state index contributed by atoms with van der Waals surface area (Å²) in [6, 6.07) is 0. The van der Waals surface area contributed by atoms with Gasteiger partial charge in [0.15, 0.2) is 0 Å². The summed E-state index contributed by atoms with van der Waals surface area (Å²) in [5.41, 5.74) is -2.25. The lowest BCUT2D eigenvalue weighted by atomic mass is 10.1. The Morgan fingerprint density at radius 2 is 2.18 bits per heavy atom. The maximum atomic E-state index is 11.5. The Morgan fingerprint density at radius 3 is 2.65 bits per heavy atom. The molecule has 7 nitrogen and oxygen atoms in total. The van der Waals surface area contributed by atoms with Crippen LogP contribution < -0.4 is 11.2 Å². The summed E-state index contributed by atoms with van der Waals surface area (Å²) >= 11 is 4.19. The van der Waals surface area contributed by atoms with Crippen LogP contribution in [0.25, 0.3) is 0 Å². The summed E-state index contributed by atoms with van der Waals surface area (Å²) in [4.78, 5) is 34.4. The van der Waals surface area contributed by atoms with E-state index in [1.54, 1.807) is 0 Å². The number of nitrogens with one attached hydrogen (secondary N) is 1. The standard InChI is InChI=1S/C9H11N3O4S/c13-7-6(12(15)16)3-11(8(14)10-7)4-9(5-17)1-2-9/h3,17H,1-2,4-5H2,(H,10,13,14). The van der Waals surface area contributed by atoms with Crippen molar-refractivity contribution < 1.29 is 4.92 Å². The third-order valence-electron chi connectivity index (χ3n) is 2.99. The normalized spacial score (nSPS) is 16.8. The van der Waals surface area contributed by atoms with Gasteiger partial charge in [-0.15, -0.1) is 0 Å². The van der Waals surface area contributed by atoms with E-state index in [4.69, 9.17) is 0 Å². The highest BCUT2D eigenvalue weighted by Crippen LogP contribution is 2.47. The highest BCUT2D eigenvalue weighted by Gasteiger charge is 2.42. The van der Waals surface area contributed by atoms with E-state index in [9.17, 15) is 19.7 Å². The molecule has 17 heavy (non-hydrogen) atoms. The zero-order valence-electron chi connectivity index (χ0n) is 8.88. The molecule has 1 fully saturated rings. The Kier molecular flexibility index (Phi) is 2.82. The van der Waals surface area contributed by atoms with Crippen molar-refractivity contribution in [2.45, 2.75) is 19.4 Å². The highest BCUT2D eigenvalue weighted by atomic mass is 32.1. The van der Waals surface area contributed by atoms with E-state index in [1.165, 1.54) is 4.57 Å². The second-order valence-electron chi connectivity index (χ2n) is 4.32. The van der Waals surface area contributed by atoms with Crippen molar-refractivity contribution in [3.05, 3.63) is 37.1 Å². The second-order valence-corrected chi connectivity index (χ2v) is 4.63. The Morgan fingerprint density at radius 1 is 1.53 bits per heavy atom. The van der Waals surface area contributed by atoms with Gasteiger partial charge in [0.25, 0.3) is 0 Å². The Balaban J connectivity index is 2.41. The van der Waals surface area contributed by atoms with Crippen LogP contribution in [0.3, 0.4) is 0 Å². The third-order valence-corrected chi connectivity index (χ3v) is 3.66. The molecule has 0 aromatic carbocycles. The van der Waals surface area contributed by atoms with Crippen molar-refractivity contribution >= 4 is 18.3 Å². The fourth-order valence-corrected chi connectivity index (χ4v) is 2.07. The zero-order chi connectivity index (χ0) is 12.6. The number of hydrogen-bond donors (Lipinski definition) is 2. The maximum Gasteiger partial charge on any atom is 0.350 e. The predicted octanol–water partition coefficient (Wildman–Crippen LogP) is 0.155. The molecule has 0 saturated heterocycles. The summed E-state index contributed by atoms with van der Waals surface area (Å²) in [5, 5.41) is 10.6. The van der Waals surface area contributed by atoms with Crippen LogP contribution in [0.4, 0.5) is 5.69 Å². The van der Waals surface area contributed by atoms with Crippen molar-refractivity contribution in [2.75, 3.05) is 5.75 Å². The lowest BCUT2D eigenvalue weighted by molar-refractivity contribution is -0.386. The minimum Gasteiger partial charge on any atom is -0.293 e. The van der Waals surface area contributed by atoms with Crippen LogP contribution in [0, 0.1) is 15.5 Å². The molecule has 0 spiro atoms. The van der Waals surface area contributed by atoms with Crippen LogP contribution in [-0.2, 0) is 6.54 Å². The molecule has 1 aromatic heterocycles. The zero-order valence-corrected chi connectivity index (χ0v) is 9.77. The fraction of sp³-hybridized carbons (Fsp3) is 0.556. The third kappa shape index (κ3) is 2.26. The molecule has 0 radical (unpaired) electrons. The molecule has 8 heteroatoms. The van der Waals surface area contributed by atoms with E-state index in [2.05, 4.69) is 12.6 Å². The van der Waals surface area contributed by atoms with Crippen molar-refractivity contribution in [1.29, 1.82) is 0 Å². The van der Waals surface area contributed by atoms with Gasteiger partial charge in [-0.05, 0) is 24.0 Å². The summed E-state index contributed by atoms with van der Waals surface area (Å²) in [6.07, 6.45) is 2.89. The van der Waals surface area contributed by atoms with E-state index in [0.717, 1.165) is 19.0 Å². The quantitative estimate of drug-likeness (QED) is 0.456. The summed E-state index contributed by atoms with van der Waals surface area (Å²) in [7, 11) is 0. The molecule has 0 aliphatic heterocycles. The first-order chi connectivity index (χ1) is 7.97. The molecular formula is C9H11N3O4S. The number of aromatic nitrogens is 2. The predicted molar refractivity (Wildman–Crippen MR) is 63.5 cm³/mol. The molecule has 1 aliphatic rings. The molecular weight excluding hydrogens is 246 g/mol. The van der Waals surface area contributed by atoms with Gasteiger partial charge in [-0.25, -0.2) is 4.79 Å². The van der Waals surface area contributed by atoms with E-state index in [0.29, 0.717) is 12.3 Å². The van der Waals surface area contributed by atoms with Crippen molar-refractivity contribution in [3.63, 3.8) is 0 Å². The van der Waals surface area contributed by atoms with Crippen LogP contribution >= 0.6 is 12.6 Å². The van der Waals surface area contributed by atoms with Crippen molar-refractivity contribution in [2.24, 2.45) is 5.41 Å². The monoisotopic (exact) mass is 257 g/mol. The molecule has 1 N–H and O–H groups in total. The Labute approximate surface area is 101 Å². The molecule has 1 saturated carbocycles. The van der Waals surface area contributed by atoms with E-state index < -0.39 is 21.9 Å². The van der Waals surface area contributed by atoms with Gasteiger partial charge < -0.3 is 0 Å². The lowest BCUT2D eigenvalue weighted by Gasteiger charge is -2.12. The molecule has 0 unspecified atom stereocenters. The molecule has 2 rings (SSSR count). The average Bonchev–Trinajstić information content (AvgIpc) is 3.02. The molecule has 0 bridgehead atoms. The first-order valence-electron chi connectivity index (χ1n) is 5.06. The summed E-state index contributed by atoms with van der Waals surface area (Å²) in [5.74, 6) is 0.617. The van der Waals surface area contributed by atoms with Gasteiger partial charge in [0, 0.05) is 6.54 Å². The number of hydrogen-bond acceptors (Lipinski definition) is 5. The number of nitro groups is 1. The minimum absolute atomic E-state index is 0.0565. The number of rotatable bonds is 4.